The van der Waals surface area contributed by atoms with E-state index in [1.54, 1.807) is 11.3 Å². The second-order valence-corrected chi connectivity index (χ2v) is 7.49. The van der Waals surface area contributed by atoms with Gasteiger partial charge in [-0.3, -0.25) is 4.90 Å². The van der Waals surface area contributed by atoms with E-state index in [-0.39, 0.29) is 5.60 Å². The number of thiazole rings is 1. The van der Waals surface area contributed by atoms with E-state index in [4.69, 9.17) is 9.47 Å². The molecule has 2 aliphatic heterocycles. The van der Waals surface area contributed by atoms with Crippen molar-refractivity contribution in [2.75, 3.05) is 32.9 Å². The Balaban J connectivity index is 1.40. The summed E-state index contributed by atoms with van der Waals surface area (Å²) in [5.41, 5.74) is -0.168. The largest absolute Gasteiger partial charge is 0.377 e. The molecule has 0 aliphatic carbocycles. The Bertz CT molecular complexity index is 604. The van der Waals surface area contributed by atoms with E-state index >= 15 is 0 Å². The standard InChI is InChI=1S/C16H22N4O2S/c1-3-20(13-17-1)8-14-7-16(22-10-14)11-19(4-5-21-12-16)9-15-18-2-6-23-15/h1-3,6,13-14H,4-5,7-12H2/t14-,16+/m0/s1. The van der Waals surface area contributed by atoms with Crippen molar-refractivity contribution in [1.29, 1.82) is 0 Å². The lowest BCUT2D eigenvalue weighted by Crippen LogP contribution is -2.43. The highest BCUT2D eigenvalue weighted by atomic mass is 32.1. The van der Waals surface area contributed by atoms with Crippen LogP contribution in [-0.2, 0) is 22.6 Å². The highest BCUT2D eigenvalue weighted by molar-refractivity contribution is 7.09. The third kappa shape index (κ3) is 3.63. The van der Waals surface area contributed by atoms with Gasteiger partial charge in [0.2, 0.25) is 0 Å². The van der Waals surface area contributed by atoms with E-state index in [0.29, 0.717) is 12.5 Å². The number of aromatic nitrogens is 3. The summed E-state index contributed by atoms with van der Waals surface area (Å²) in [4.78, 5) is 10.9. The van der Waals surface area contributed by atoms with Gasteiger partial charge >= 0.3 is 0 Å². The number of hydrogen-bond acceptors (Lipinski definition) is 6. The SMILES string of the molecule is c1cn(C[C@H]2CO[C@]3(COCCN(Cc4nccs4)C3)C2)cn1. The van der Waals surface area contributed by atoms with Gasteiger partial charge in [-0.05, 0) is 6.42 Å². The van der Waals surface area contributed by atoms with E-state index in [2.05, 4.69) is 19.4 Å². The highest BCUT2D eigenvalue weighted by Gasteiger charge is 2.43. The fourth-order valence-corrected chi connectivity index (χ4v) is 4.26. The molecule has 2 saturated heterocycles. The molecule has 1 spiro atoms. The van der Waals surface area contributed by atoms with Crippen LogP contribution in [0.15, 0.2) is 30.3 Å². The predicted molar refractivity (Wildman–Crippen MR) is 87.2 cm³/mol. The molecule has 2 aliphatic rings. The summed E-state index contributed by atoms with van der Waals surface area (Å²) in [5.74, 6) is 0.521. The quantitative estimate of drug-likeness (QED) is 0.851. The molecule has 0 bridgehead atoms. The first-order chi connectivity index (χ1) is 11.3. The van der Waals surface area contributed by atoms with Gasteiger partial charge in [-0.15, -0.1) is 11.3 Å². The van der Waals surface area contributed by atoms with E-state index in [1.807, 2.05) is 30.3 Å². The number of rotatable bonds is 4. The van der Waals surface area contributed by atoms with Crippen LogP contribution < -0.4 is 0 Å². The van der Waals surface area contributed by atoms with Crippen LogP contribution in [-0.4, -0.2) is 57.9 Å². The topological polar surface area (TPSA) is 52.4 Å². The molecule has 0 amide bonds. The zero-order valence-electron chi connectivity index (χ0n) is 13.1. The van der Waals surface area contributed by atoms with Crippen molar-refractivity contribution in [3.05, 3.63) is 35.3 Å². The van der Waals surface area contributed by atoms with Gasteiger partial charge in [-0.2, -0.15) is 0 Å². The first-order valence-corrected chi connectivity index (χ1v) is 8.97. The van der Waals surface area contributed by atoms with Gasteiger partial charge in [0.1, 0.15) is 10.6 Å². The summed E-state index contributed by atoms with van der Waals surface area (Å²) < 4.78 is 14.3. The number of imidazole rings is 1. The Kier molecular flexibility index (Phi) is 4.43. The van der Waals surface area contributed by atoms with Crippen molar-refractivity contribution < 1.29 is 9.47 Å². The molecular formula is C16H22N4O2S. The molecule has 6 nitrogen and oxygen atoms in total. The molecule has 0 N–H and O–H groups in total. The maximum absolute atomic E-state index is 6.25. The number of nitrogens with zero attached hydrogens (tertiary/aromatic N) is 4. The second kappa shape index (κ2) is 6.68. The lowest BCUT2D eigenvalue weighted by molar-refractivity contribution is -0.0563. The Morgan fingerprint density at radius 3 is 3.22 bits per heavy atom. The van der Waals surface area contributed by atoms with Crippen molar-refractivity contribution >= 4 is 11.3 Å². The maximum Gasteiger partial charge on any atom is 0.107 e. The predicted octanol–water partition coefficient (Wildman–Crippen LogP) is 1.65. The normalized spacial score (nSPS) is 29.1. The lowest BCUT2D eigenvalue weighted by Gasteiger charge is -2.30. The minimum Gasteiger partial charge on any atom is -0.377 e. The molecule has 2 fully saturated rings. The minimum atomic E-state index is -0.168. The first-order valence-electron chi connectivity index (χ1n) is 8.10. The van der Waals surface area contributed by atoms with Crippen LogP contribution in [0.4, 0.5) is 0 Å². The number of ether oxygens (including phenoxy) is 2. The zero-order chi connectivity index (χ0) is 15.5. The van der Waals surface area contributed by atoms with E-state index < -0.39 is 0 Å². The second-order valence-electron chi connectivity index (χ2n) is 6.51. The molecule has 4 heterocycles. The van der Waals surface area contributed by atoms with Crippen LogP contribution in [0.5, 0.6) is 0 Å². The van der Waals surface area contributed by atoms with E-state index in [0.717, 1.165) is 50.8 Å². The van der Waals surface area contributed by atoms with Gasteiger partial charge < -0.3 is 14.0 Å². The van der Waals surface area contributed by atoms with Crippen LogP contribution >= 0.6 is 11.3 Å². The Morgan fingerprint density at radius 1 is 1.39 bits per heavy atom. The van der Waals surface area contributed by atoms with Gasteiger partial charge in [0.25, 0.3) is 0 Å². The fraction of sp³-hybridized carbons (Fsp3) is 0.625. The molecular weight excluding hydrogens is 312 g/mol. The molecule has 124 valence electrons. The summed E-state index contributed by atoms with van der Waals surface area (Å²) in [6, 6.07) is 0. The molecule has 23 heavy (non-hydrogen) atoms. The van der Waals surface area contributed by atoms with Crippen LogP contribution in [0.3, 0.4) is 0 Å². The molecule has 2 aromatic heterocycles. The first kappa shape index (κ1) is 15.3. The summed E-state index contributed by atoms with van der Waals surface area (Å²) in [6.07, 6.45) is 8.64. The van der Waals surface area contributed by atoms with Crippen LogP contribution in [0.25, 0.3) is 0 Å². The average Bonchev–Trinajstić information content (AvgIpc) is 3.25. The van der Waals surface area contributed by atoms with Gasteiger partial charge in [0.05, 0.1) is 32.7 Å². The molecule has 2 atom stereocenters. The molecule has 0 aromatic carbocycles. The van der Waals surface area contributed by atoms with Gasteiger partial charge in [0, 0.05) is 49.5 Å². The summed E-state index contributed by atoms with van der Waals surface area (Å²) in [5, 5.41) is 3.20. The van der Waals surface area contributed by atoms with Gasteiger partial charge in [0.15, 0.2) is 0 Å². The number of hydrogen-bond donors (Lipinski definition) is 0. The Labute approximate surface area is 140 Å². The lowest BCUT2D eigenvalue weighted by atomic mass is 9.94. The average molecular weight is 334 g/mol. The monoisotopic (exact) mass is 334 g/mol. The summed E-state index contributed by atoms with van der Waals surface area (Å²) in [7, 11) is 0. The van der Waals surface area contributed by atoms with Crippen LogP contribution in [0.2, 0.25) is 0 Å². The zero-order valence-corrected chi connectivity index (χ0v) is 14.0. The van der Waals surface area contributed by atoms with Crippen molar-refractivity contribution in [3.63, 3.8) is 0 Å². The molecule has 0 radical (unpaired) electrons. The smallest absolute Gasteiger partial charge is 0.107 e. The molecule has 7 heteroatoms. The van der Waals surface area contributed by atoms with Crippen LogP contribution in [0, 0.1) is 5.92 Å². The fourth-order valence-electron chi connectivity index (χ4n) is 3.60. The Morgan fingerprint density at radius 2 is 2.39 bits per heavy atom. The van der Waals surface area contributed by atoms with Crippen molar-refractivity contribution in [3.8, 4) is 0 Å². The van der Waals surface area contributed by atoms with Gasteiger partial charge in [-0.1, -0.05) is 0 Å². The minimum absolute atomic E-state index is 0.168. The molecule has 2 aromatic rings. The maximum atomic E-state index is 6.25. The summed E-state index contributed by atoms with van der Waals surface area (Å²) in [6.45, 7) is 5.98. The van der Waals surface area contributed by atoms with Gasteiger partial charge in [-0.25, -0.2) is 9.97 Å². The van der Waals surface area contributed by atoms with E-state index in [1.165, 1.54) is 0 Å². The molecule has 0 saturated carbocycles. The van der Waals surface area contributed by atoms with E-state index in [9.17, 15) is 0 Å². The van der Waals surface area contributed by atoms with Crippen LogP contribution in [0.1, 0.15) is 11.4 Å². The Hall–Kier alpha value is -1.28. The highest BCUT2D eigenvalue weighted by Crippen LogP contribution is 2.34. The third-order valence-electron chi connectivity index (χ3n) is 4.59. The molecule has 0 unspecified atom stereocenters. The van der Waals surface area contributed by atoms with Crippen molar-refractivity contribution in [2.45, 2.75) is 25.1 Å². The summed E-state index contributed by atoms with van der Waals surface area (Å²) >= 11 is 1.71. The molecule has 4 rings (SSSR count). The third-order valence-corrected chi connectivity index (χ3v) is 5.35. The van der Waals surface area contributed by atoms with Crippen molar-refractivity contribution in [1.82, 2.24) is 19.4 Å². The van der Waals surface area contributed by atoms with Crippen molar-refractivity contribution in [2.24, 2.45) is 5.92 Å².